The highest BCUT2D eigenvalue weighted by Gasteiger charge is 2.17. The maximum Gasteiger partial charge on any atom is 0.170 e. The summed E-state index contributed by atoms with van der Waals surface area (Å²) in [4.78, 5) is 6.36. The van der Waals surface area contributed by atoms with E-state index in [1.807, 2.05) is 4.90 Å². The Hall–Kier alpha value is -1.82. The average molecular weight is 266 g/mol. The summed E-state index contributed by atoms with van der Waals surface area (Å²) in [7, 11) is 0. The lowest BCUT2D eigenvalue weighted by Crippen LogP contribution is -2.37. The van der Waals surface area contributed by atoms with Crippen LogP contribution in [0.15, 0.2) is 23.5 Å². The highest BCUT2D eigenvalue weighted by Crippen LogP contribution is 2.19. The van der Waals surface area contributed by atoms with Gasteiger partial charge < -0.3 is 20.9 Å². The van der Waals surface area contributed by atoms with E-state index < -0.39 is 0 Å². The van der Waals surface area contributed by atoms with Crippen LogP contribution in [0.5, 0.6) is 0 Å². The van der Waals surface area contributed by atoms with Gasteiger partial charge in [-0.25, -0.2) is 4.98 Å². The van der Waals surface area contributed by atoms with Crippen molar-refractivity contribution >= 4 is 11.7 Å². The summed E-state index contributed by atoms with van der Waals surface area (Å²) in [6, 6.07) is 3.76. The third-order valence-electron chi connectivity index (χ3n) is 3.17. The van der Waals surface area contributed by atoms with Crippen LogP contribution in [0.4, 0.5) is 5.82 Å². The van der Waals surface area contributed by atoms with Crippen LogP contribution in [0.25, 0.3) is 0 Å². The lowest BCUT2D eigenvalue weighted by molar-refractivity contribution is 0.295. The van der Waals surface area contributed by atoms with E-state index in [9.17, 15) is 5.11 Å². The zero-order chi connectivity index (χ0) is 14.3. The molecule has 0 saturated heterocycles. The maximum atomic E-state index is 9.20. The minimum atomic E-state index is 0.0529. The van der Waals surface area contributed by atoms with Crippen molar-refractivity contribution in [3.05, 3.63) is 23.9 Å². The maximum absolute atomic E-state index is 9.20. The van der Waals surface area contributed by atoms with Gasteiger partial charge in [-0.15, -0.1) is 0 Å². The fourth-order valence-corrected chi connectivity index (χ4v) is 2.11. The minimum Gasteiger partial charge on any atom is -0.409 e. The van der Waals surface area contributed by atoms with Crippen LogP contribution in [0.2, 0.25) is 0 Å². The van der Waals surface area contributed by atoms with Crippen LogP contribution >= 0.6 is 0 Å². The Kier molecular flexibility index (Phi) is 6.08. The SMILES string of the molecule is CCC(CC)N(CCO)c1cc(/C(N)=N/O)ccn1. The molecular formula is C13H22N4O2. The molecular weight excluding hydrogens is 244 g/mol. The summed E-state index contributed by atoms with van der Waals surface area (Å²) in [5, 5.41) is 20.9. The van der Waals surface area contributed by atoms with Crippen LogP contribution in [-0.4, -0.2) is 40.3 Å². The van der Waals surface area contributed by atoms with E-state index in [1.165, 1.54) is 0 Å². The van der Waals surface area contributed by atoms with Gasteiger partial charge in [0.05, 0.1) is 6.61 Å². The standard InChI is InChI=1S/C13H22N4O2/c1-3-11(4-2)17(7-8-18)12-9-10(5-6-15-12)13(14)16-19/h5-6,9,11,18-19H,3-4,7-8H2,1-2H3,(H2,14,16). The summed E-state index contributed by atoms with van der Waals surface area (Å²) in [6.45, 7) is 4.78. The van der Waals surface area contributed by atoms with Crippen molar-refractivity contribution in [2.75, 3.05) is 18.1 Å². The Balaban J connectivity index is 3.08. The molecule has 19 heavy (non-hydrogen) atoms. The fraction of sp³-hybridized carbons (Fsp3) is 0.538. The first-order valence-electron chi connectivity index (χ1n) is 6.49. The molecule has 106 valence electrons. The highest BCUT2D eigenvalue weighted by atomic mass is 16.4. The van der Waals surface area contributed by atoms with Crippen LogP contribution in [0.1, 0.15) is 32.3 Å². The molecule has 6 heteroatoms. The first kappa shape index (κ1) is 15.2. The topological polar surface area (TPSA) is 95.0 Å². The number of aliphatic hydroxyl groups is 1. The number of nitrogens with zero attached hydrogens (tertiary/aromatic N) is 3. The summed E-state index contributed by atoms with van der Waals surface area (Å²) < 4.78 is 0. The number of rotatable bonds is 7. The van der Waals surface area contributed by atoms with Crippen molar-refractivity contribution in [1.29, 1.82) is 0 Å². The average Bonchev–Trinajstić information content (AvgIpc) is 2.46. The molecule has 1 rings (SSSR count). The third kappa shape index (κ3) is 3.82. The zero-order valence-electron chi connectivity index (χ0n) is 11.5. The van der Waals surface area contributed by atoms with E-state index in [4.69, 9.17) is 10.9 Å². The molecule has 1 aromatic heterocycles. The second-order valence-corrected chi connectivity index (χ2v) is 4.28. The number of oxime groups is 1. The van der Waals surface area contributed by atoms with Crippen molar-refractivity contribution in [3.8, 4) is 0 Å². The molecule has 4 N–H and O–H groups in total. The molecule has 1 heterocycles. The Morgan fingerprint density at radius 1 is 1.47 bits per heavy atom. The van der Waals surface area contributed by atoms with Gasteiger partial charge in [-0.05, 0) is 25.0 Å². The van der Waals surface area contributed by atoms with Gasteiger partial charge in [-0.1, -0.05) is 19.0 Å². The van der Waals surface area contributed by atoms with Crippen LogP contribution in [-0.2, 0) is 0 Å². The first-order chi connectivity index (χ1) is 9.17. The number of hydrogen-bond donors (Lipinski definition) is 3. The summed E-state index contributed by atoms with van der Waals surface area (Å²) >= 11 is 0. The number of amidine groups is 1. The quantitative estimate of drug-likeness (QED) is 0.298. The lowest BCUT2D eigenvalue weighted by Gasteiger charge is -2.31. The minimum absolute atomic E-state index is 0.0529. The molecule has 0 aliphatic carbocycles. The normalized spacial score (nSPS) is 11.9. The number of anilines is 1. The Morgan fingerprint density at radius 2 is 2.16 bits per heavy atom. The number of nitrogens with two attached hydrogens (primary N) is 1. The Morgan fingerprint density at radius 3 is 2.68 bits per heavy atom. The van der Waals surface area contributed by atoms with Crippen molar-refractivity contribution in [1.82, 2.24) is 4.98 Å². The van der Waals surface area contributed by atoms with E-state index in [-0.39, 0.29) is 12.4 Å². The monoisotopic (exact) mass is 266 g/mol. The largest absolute Gasteiger partial charge is 0.409 e. The lowest BCUT2D eigenvalue weighted by atomic mass is 10.1. The molecule has 0 spiro atoms. The molecule has 0 radical (unpaired) electrons. The predicted molar refractivity (Wildman–Crippen MR) is 75.5 cm³/mol. The highest BCUT2D eigenvalue weighted by molar-refractivity contribution is 5.97. The van der Waals surface area contributed by atoms with Gasteiger partial charge in [0.2, 0.25) is 0 Å². The zero-order valence-corrected chi connectivity index (χ0v) is 11.5. The number of aromatic nitrogens is 1. The van der Waals surface area contributed by atoms with Crippen molar-refractivity contribution < 1.29 is 10.3 Å². The van der Waals surface area contributed by atoms with E-state index in [0.29, 0.717) is 18.2 Å². The predicted octanol–water partition coefficient (Wildman–Crippen LogP) is 1.16. The molecule has 0 aromatic carbocycles. The molecule has 0 unspecified atom stereocenters. The second-order valence-electron chi connectivity index (χ2n) is 4.28. The molecule has 0 aliphatic rings. The van der Waals surface area contributed by atoms with Gasteiger partial charge >= 0.3 is 0 Å². The van der Waals surface area contributed by atoms with Gasteiger partial charge in [0.1, 0.15) is 5.82 Å². The van der Waals surface area contributed by atoms with Crippen LogP contribution in [0.3, 0.4) is 0 Å². The van der Waals surface area contributed by atoms with E-state index in [1.54, 1.807) is 18.3 Å². The number of pyridine rings is 1. The van der Waals surface area contributed by atoms with Gasteiger partial charge in [-0.3, -0.25) is 0 Å². The van der Waals surface area contributed by atoms with E-state index in [0.717, 1.165) is 18.7 Å². The van der Waals surface area contributed by atoms with Gasteiger partial charge in [0.15, 0.2) is 5.84 Å². The number of aliphatic hydroxyl groups excluding tert-OH is 1. The fourth-order valence-electron chi connectivity index (χ4n) is 2.11. The molecule has 0 fully saturated rings. The Bertz CT molecular complexity index is 419. The summed E-state index contributed by atoms with van der Waals surface area (Å²) in [5.41, 5.74) is 6.20. The van der Waals surface area contributed by atoms with Crippen molar-refractivity contribution in [3.63, 3.8) is 0 Å². The molecule has 0 amide bonds. The van der Waals surface area contributed by atoms with Crippen LogP contribution < -0.4 is 10.6 Å². The third-order valence-corrected chi connectivity index (χ3v) is 3.17. The molecule has 6 nitrogen and oxygen atoms in total. The molecule has 0 aliphatic heterocycles. The van der Waals surface area contributed by atoms with Crippen molar-refractivity contribution in [2.24, 2.45) is 10.9 Å². The summed E-state index contributed by atoms with van der Waals surface area (Å²) in [6.07, 6.45) is 3.55. The molecule has 0 saturated carbocycles. The van der Waals surface area contributed by atoms with Gasteiger partial charge in [0.25, 0.3) is 0 Å². The first-order valence-corrected chi connectivity index (χ1v) is 6.49. The van der Waals surface area contributed by atoms with E-state index in [2.05, 4.69) is 24.0 Å². The van der Waals surface area contributed by atoms with Gasteiger partial charge in [-0.2, -0.15) is 0 Å². The van der Waals surface area contributed by atoms with Crippen molar-refractivity contribution in [2.45, 2.75) is 32.7 Å². The Labute approximate surface area is 113 Å². The number of hydrogen-bond acceptors (Lipinski definition) is 5. The summed E-state index contributed by atoms with van der Waals surface area (Å²) in [5.74, 6) is 0.781. The second kappa shape index (κ2) is 7.58. The van der Waals surface area contributed by atoms with Gasteiger partial charge in [0, 0.05) is 24.3 Å². The molecule has 1 aromatic rings. The molecule has 0 bridgehead atoms. The van der Waals surface area contributed by atoms with E-state index >= 15 is 0 Å². The smallest absolute Gasteiger partial charge is 0.170 e. The molecule has 0 atom stereocenters. The van der Waals surface area contributed by atoms with Crippen LogP contribution in [0, 0.1) is 0 Å².